The van der Waals surface area contributed by atoms with E-state index in [1.54, 1.807) is 0 Å². The first kappa shape index (κ1) is 22.7. The lowest BCUT2D eigenvalue weighted by molar-refractivity contribution is -0.384. The number of hydrogen-bond acceptors (Lipinski definition) is 7. The van der Waals surface area contributed by atoms with Crippen molar-refractivity contribution < 1.29 is 28.8 Å². The minimum atomic E-state index is -1.20. The topological polar surface area (TPSA) is 152 Å². The number of rotatable bonds is 10. The van der Waals surface area contributed by atoms with E-state index in [1.165, 1.54) is 60.5 Å². The maximum atomic E-state index is 12.7. The first-order valence-corrected chi connectivity index (χ1v) is 10.0. The van der Waals surface area contributed by atoms with E-state index in [1.807, 2.05) is 6.26 Å². The van der Waals surface area contributed by atoms with Crippen molar-refractivity contribution in [1.29, 1.82) is 0 Å². The summed E-state index contributed by atoms with van der Waals surface area (Å²) in [5, 5.41) is 24.9. The third kappa shape index (κ3) is 6.48. The minimum absolute atomic E-state index is 0.0467. The molecular weight excluding hydrogens is 414 g/mol. The molecule has 1 aromatic carbocycles. The number of non-ortho nitro benzene ring substituents is 1. The Morgan fingerprint density at radius 3 is 2.50 bits per heavy atom. The van der Waals surface area contributed by atoms with E-state index in [9.17, 15) is 29.6 Å². The Kier molecular flexibility index (Phi) is 8.18. The molecule has 158 valence electrons. The third-order valence-electron chi connectivity index (χ3n) is 3.87. The van der Waals surface area contributed by atoms with Gasteiger partial charge in [0.25, 0.3) is 17.5 Å². The highest BCUT2D eigenvalue weighted by Gasteiger charge is 2.23. The molecule has 0 aliphatic carbocycles. The molecule has 2 rings (SSSR count). The number of thioether (sulfide) groups is 1. The number of carboxylic acids is 1. The van der Waals surface area contributed by atoms with Gasteiger partial charge in [-0.3, -0.25) is 19.7 Å². The Labute approximate surface area is 175 Å². The Morgan fingerprint density at radius 2 is 1.97 bits per heavy atom. The largest absolute Gasteiger partial charge is 0.480 e. The number of carbonyl (C=O) groups is 3. The zero-order valence-corrected chi connectivity index (χ0v) is 16.7. The van der Waals surface area contributed by atoms with Crippen molar-refractivity contribution in [2.24, 2.45) is 0 Å². The third-order valence-corrected chi connectivity index (χ3v) is 4.51. The van der Waals surface area contributed by atoms with Crippen LogP contribution in [0.15, 0.2) is 52.8 Å². The van der Waals surface area contributed by atoms with Gasteiger partial charge < -0.3 is 20.2 Å². The predicted molar refractivity (Wildman–Crippen MR) is 110 cm³/mol. The number of nitro groups is 1. The van der Waals surface area contributed by atoms with Gasteiger partial charge in [0, 0.05) is 12.1 Å². The fourth-order valence-electron chi connectivity index (χ4n) is 2.34. The summed E-state index contributed by atoms with van der Waals surface area (Å²) in [4.78, 5) is 46.7. The summed E-state index contributed by atoms with van der Waals surface area (Å²) in [6.07, 6.45) is 4.58. The first-order chi connectivity index (χ1) is 14.3. The van der Waals surface area contributed by atoms with Crippen molar-refractivity contribution in [2.45, 2.75) is 12.5 Å². The average molecular weight is 433 g/mol. The summed E-state index contributed by atoms with van der Waals surface area (Å²) in [5.41, 5.74) is 0.0166. The summed E-state index contributed by atoms with van der Waals surface area (Å²) < 4.78 is 5.00. The Bertz CT molecular complexity index is 940. The van der Waals surface area contributed by atoms with Crippen LogP contribution in [0.3, 0.4) is 0 Å². The van der Waals surface area contributed by atoms with Crippen molar-refractivity contribution in [1.82, 2.24) is 10.6 Å². The van der Waals surface area contributed by atoms with Gasteiger partial charge >= 0.3 is 5.97 Å². The van der Waals surface area contributed by atoms with Gasteiger partial charge in [-0.2, -0.15) is 11.8 Å². The standard InChI is InChI=1S/C19H19N3O7S/c1-30-10-8-14(19(25)26)20-17(23)15(21-18(24)16-3-2-9-29-16)11-12-4-6-13(7-5-12)22(27)28/h2-7,9,11,14H,8,10H2,1H3,(H,20,23)(H,21,24)(H,25,26). The number of nitro benzene ring substituents is 1. The SMILES string of the molecule is CSCCC(NC(=O)C(=Cc1ccc([N+](=O)[O-])cc1)NC(=O)c1ccco1)C(=O)O. The van der Waals surface area contributed by atoms with Crippen LogP contribution in [-0.4, -0.2) is 45.9 Å². The summed E-state index contributed by atoms with van der Waals surface area (Å²) in [6.45, 7) is 0. The molecule has 0 bridgehead atoms. The van der Waals surface area contributed by atoms with Crippen LogP contribution in [0.25, 0.3) is 6.08 Å². The van der Waals surface area contributed by atoms with Crippen LogP contribution >= 0.6 is 11.8 Å². The highest BCUT2D eigenvalue weighted by atomic mass is 32.2. The molecule has 0 spiro atoms. The van der Waals surface area contributed by atoms with Crippen molar-refractivity contribution >= 4 is 41.3 Å². The van der Waals surface area contributed by atoms with E-state index in [4.69, 9.17) is 4.42 Å². The molecule has 2 aromatic rings. The monoisotopic (exact) mass is 433 g/mol. The van der Waals surface area contributed by atoms with Crippen LogP contribution in [0.1, 0.15) is 22.5 Å². The number of carboxylic acid groups (broad SMARTS) is 1. The quantitative estimate of drug-likeness (QED) is 0.293. The van der Waals surface area contributed by atoms with Gasteiger partial charge in [-0.15, -0.1) is 0 Å². The molecule has 1 aromatic heterocycles. The van der Waals surface area contributed by atoms with Crippen LogP contribution in [-0.2, 0) is 9.59 Å². The fraction of sp³-hybridized carbons (Fsp3) is 0.211. The number of aliphatic carboxylic acids is 1. The van der Waals surface area contributed by atoms with E-state index < -0.39 is 28.7 Å². The Hall–Kier alpha value is -3.60. The average Bonchev–Trinajstić information content (AvgIpc) is 3.25. The summed E-state index contributed by atoms with van der Waals surface area (Å²) in [6, 6.07) is 7.03. The molecule has 1 atom stereocenters. The van der Waals surface area contributed by atoms with Crippen molar-refractivity contribution in [2.75, 3.05) is 12.0 Å². The van der Waals surface area contributed by atoms with Gasteiger partial charge in [-0.05, 0) is 54.3 Å². The van der Waals surface area contributed by atoms with Gasteiger partial charge in [-0.25, -0.2) is 4.79 Å². The summed E-state index contributed by atoms with van der Waals surface area (Å²) >= 11 is 1.43. The molecule has 1 heterocycles. The van der Waals surface area contributed by atoms with Gasteiger partial charge in [0.1, 0.15) is 11.7 Å². The molecule has 30 heavy (non-hydrogen) atoms. The highest BCUT2D eigenvalue weighted by Crippen LogP contribution is 2.15. The van der Waals surface area contributed by atoms with Gasteiger partial charge in [0.15, 0.2) is 5.76 Å². The lowest BCUT2D eigenvalue weighted by Gasteiger charge is -2.16. The second-order valence-corrected chi connectivity index (χ2v) is 6.97. The van der Waals surface area contributed by atoms with Gasteiger partial charge in [0.05, 0.1) is 11.2 Å². The maximum Gasteiger partial charge on any atom is 0.326 e. The van der Waals surface area contributed by atoms with Crippen LogP contribution in [0.4, 0.5) is 5.69 Å². The van der Waals surface area contributed by atoms with E-state index in [2.05, 4.69) is 10.6 Å². The lowest BCUT2D eigenvalue weighted by atomic mass is 10.1. The zero-order valence-electron chi connectivity index (χ0n) is 15.9. The Balaban J connectivity index is 2.29. The highest BCUT2D eigenvalue weighted by molar-refractivity contribution is 7.98. The van der Waals surface area contributed by atoms with E-state index in [0.29, 0.717) is 11.3 Å². The van der Waals surface area contributed by atoms with Crippen molar-refractivity contribution in [3.05, 3.63) is 69.8 Å². The molecule has 0 saturated heterocycles. The maximum absolute atomic E-state index is 12.7. The summed E-state index contributed by atoms with van der Waals surface area (Å²) in [5.74, 6) is -2.27. The van der Waals surface area contributed by atoms with E-state index >= 15 is 0 Å². The molecule has 0 aliphatic heterocycles. The molecule has 0 saturated carbocycles. The minimum Gasteiger partial charge on any atom is -0.480 e. The molecule has 0 radical (unpaired) electrons. The molecular formula is C19H19N3O7S. The van der Waals surface area contributed by atoms with Crippen molar-refractivity contribution in [3.63, 3.8) is 0 Å². The first-order valence-electron chi connectivity index (χ1n) is 8.65. The normalized spacial score (nSPS) is 12.1. The number of amides is 2. The molecule has 2 amide bonds. The second-order valence-electron chi connectivity index (χ2n) is 5.98. The lowest BCUT2D eigenvalue weighted by Crippen LogP contribution is -2.44. The number of nitrogens with one attached hydrogen (secondary N) is 2. The molecule has 11 heteroatoms. The van der Waals surface area contributed by atoms with E-state index in [-0.39, 0.29) is 23.6 Å². The van der Waals surface area contributed by atoms with Crippen LogP contribution in [0.5, 0.6) is 0 Å². The molecule has 0 aliphatic rings. The number of furan rings is 1. The van der Waals surface area contributed by atoms with Gasteiger partial charge in [-0.1, -0.05) is 0 Å². The van der Waals surface area contributed by atoms with Crippen LogP contribution in [0, 0.1) is 10.1 Å². The molecule has 0 fully saturated rings. The predicted octanol–water partition coefficient (Wildman–Crippen LogP) is 2.28. The molecule has 3 N–H and O–H groups in total. The van der Waals surface area contributed by atoms with Crippen LogP contribution < -0.4 is 10.6 Å². The number of carbonyl (C=O) groups excluding carboxylic acids is 2. The Morgan fingerprint density at radius 1 is 1.27 bits per heavy atom. The van der Waals surface area contributed by atoms with Gasteiger partial charge in [0.2, 0.25) is 0 Å². The number of hydrogen-bond donors (Lipinski definition) is 3. The summed E-state index contributed by atoms with van der Waals surface area (Å²) in [7, 11) is 0. The number of benzene rings is 1. The smallest absolute Gasteiger partial charge is 0.326 e. The molecule has 1 unspecified atom stereocenters. The number of nitrogens with zero attached hydrogens (tertiary/aromatic N) is 1. The van der Waals surface area contributed by atoms with Crippen LogP contribution in [0.2, 0.25) is 0 Å². The zero-order chi connectivity index (χ0) is 22.1. The van der Waals surface area contributed by atoms with Crippen molar-refractivity contribution in [3.8, 4) is 0 Å². The molecule has 10 nitrogen and oxygen atoms in total. The fourth-order valence-corrected chi connectivity index (χ4v) is 2.81. The van der Waals surface area contributed by atoms with E-state index in [0.717, 1.165) is 0 Å². The second kappa shape index (κ2) is 10.8.